The molecular weight excluding hydrogens is 246 g/mol. The SMILES string of the molecule is CCCNCC1CCCOC1c1ccc(C(C)C)cc1. The van der Waals surface area contributed by atoms with Crippen molar-refractivity contribution in [3.8, 4) is 0 Å². The van der Waals surface area contributed by atoms with Crippen LogP contribution >= 0.6 is 0 Å². The summed E-state index contributed by atoms with van der Waals surface area (Å²) in [5.41, 5.74) is 2.75. The zero-order valence-electron chi connectivity index (χ0n) is 13.2. The Hall–Kier alpha value is -0.860. The molecule has 1 fully saturated rings. The first kappa shape index (κ1) is 15.5. The summed E-state index contributed by atoms with van der Waals surface area (Å²) in [5, 5.41) is 3.55. The number of nitrogens with one attached hydrogen (secondary N) is 1. The van der Waals surface area contributed by atoms with Crippen molar-refractivity contribution in [2.45, 2.75) is 52.1 Å². The lowest BCUT2D eigenvalue weighted by Crippen LogP contribution is -2.32. The largest absolute Gasteiger partial charge is 0.373 e. The molecule has 1 aromatic carbocycles. The number of hydrogen-bond donors (Lipinski definition) is 1. The third-order valence-corrected chi connectivity index (χ3v) is 4.21. The minimum atomic E-state index is 0.273. The molecule has 1 heterocycles. The van der Waals surface area contributed by atoms with Crippen molar-refractivity contribution in [3.63, 3.8) is 0 Å². The lowest BCUT2D eigenvalue weighted by Gasteiger charge is -2.32. The van der Waals surface area contributed by atoms with Gasteiger partial charge in [0.05, 0.1) is 6.10 Å². The van der Waals surface area contributed by atoms with Crippen LogP contribution in [0, 0.1) is 5.92 Å². The van der Waals surface area contributed by atoms with E-state index in [2.05, 4.69) is 50.4 Å². The molecule has 2 nitrogen and oxygen atoms in total. The van der Waals surface area contributed by atoms with Gasteiger partial charge in [0.15, 0.2) is 0 Å². The lowest BCUT2D eigenvalue weighted by atomic mass is 9.88. The summed E-state index contributed by atoms with van der Waals surface area (Å²) in [6.45, 7) is 9.78. The van der Waals surface area contributed by atoms with E-state index in [1.807, 2.05) is 0 Å². The molecule has 20 heavy (non-hydrogen) atoms. The molecule has 1 N–H and O–H groups in total. The molecular formula is C18H29NO. The molecule has 2 atom stereocenters. The molecule has 0 radical (unpaired) electrons. The summed E-state index contributed by atoms with van der Waals surface area (Å²) in [6, 6.07) is 9.04. The molecule has 1 aliphatic rings. The molecule has 2 rings (SSSR count). The van der Waals surface area contributed by atoms with Crippen molar-refractivity contribution in [1.29, 1.82) is 0 Å². The lowest BCUT2D eigenvalue weighted by molar-refractivity contribution is -0.0277. The van der Waals surface area contributed by atoms with Crippen LogP contribution in [-0.4, -0.2) is 19.7 Å². The molecule has 1 aliphatic heterocycles. The van der Waals surface area contributed by atoms with Gasteiger partial charge in [-0.1, -0.05) is 45.0 Å². The van der Waals surface area contributed by atoms with Crippen LogP contribution in [0.3, 0.4) is 0 Å². The van der Waals surface area contributed by atoms with Crippen molar-refractivity contribution >= 4 is 0 Å². The van der Waals surface area contributed by atoms with Gasteiger partial charge in [0.1, 0.15) is 0 Å². The Morgan fingerprint density at radius 2 is 2.00 bits per heavy atom. The van der Waals surface area contributed by atoms with Crippen molar-refractivity contribution in [1.82, 2.24) is 5.32 Å². The van der Waals surface area contributed by atoms with E-state index in [-0.39, 0.29) is 6.10 Å². The van der Waals surface area contributed by atoms with E-state index >= 15 is 0 Å². The standard InChI is InChI=1S/C18H29NO/c1-4-11-19-13-17-6-5-12-20-18(17)16-9-7-15(8-10-16)14(2)3/h7-10,14,17-19H,4-6,11-13H2,1-3H3. The smallest absolute Gasteiger partial charge is 0.0865 e. The number of benzene rings is 1. The van der Waals surface area contributed by atoms with Gasteiger partial charge in [-0.3, -0.25) is 0 Å². The first-order valence-corrected chi connectivity index (χ1v) is 8.14. The molecule has 1 saturated heterocycles. The van der Waals surface area contributed by atoms with Gasteiger partial charge in [0.2, 0.25) is 0 Å². The van der Waals surface area contributed by atoms with Gasteiger partial charge in [0.25, 0.3) is 0 Å². The van der Waals surface area contributed by atoms with Gasteiger partial charge in [-0.25, -0.2) is 0 Å². The first-order valence-electron chi connectivity index (χ1n) is 8.14. The number of hydrogen-bond acceptors (Lipinski definition) is 2. The molecule has 0 spiro atoms. The summed E-state index contributed by atoms with van der Waals surface area (Å²) in [7, 11) is 0. The van der Waals surface area contributed by atoms with Crippen LogP contribution < -0.4 is 5.32 Å². The van der Waals surface area contributed by atoms with Crippen LogP contribution in [0.15, 0.2) is 24.3 Å². The summed E-state index contributed by atoms with van der Waals surface area (Å²) in [5.74, 6) is 1.21. The molecule has 0 bridgehead atoms. The fourth-order valence-electron chi connectivity index (χ4n) is 2.96. The molecule has 2 heteroatoms. The molecule has 0 saturated carbocycles. The van der Waals surface area contributed by atoms with Crippen LogP contribution in [0.1, 0.15) is 63.2 Å². The zero-order valence-corrected chi connectivity index (χ0v) is 13.2. The Kier molecular flexibility index (Phi) is 6.06. The molecule has 0 amide bonds. The molecule has 0 aromatic heterocycles. The Balaban J connectivity index is 2.02. The monoisotopic (exact) mass is 275 g/mol. The highest BCUT2D eigenvalue weighted by Gasteiger charge is 2.27. The van der Waals surface area contributed by atoms with Crippen LogP contribution in [0.2, 0.25) is 0 Å². The van der Waals surface area contributed by atoms with Crippen molar-refractivity contribution in [2.75, 3.05) is 19.7 Å². The summed E-state index contributed by atoms with van der Waals surface area (Å²) in [6.07, 6.45) is 3.93. The van der Waals surface area contributed by atoms with Gasteiger partial charge in [-0.15, -0.1) is 0 Å². The van der Waals surface area contributed by atoms with E-state index < -0.39 is 0 Å². The molecule has 1 aromatic rings. The fourth-order valence-corrected chi connectivity index (χ4v) is 2.96. The van der Waals surface area contributed by atoms with E-state index in [0.29, 0.717) is 11.8 Å². The fraction of sp³-hybridized carbons (Fsp3) is 0.667. The highest BCUT2D eigenvalue weighted by Crippen LogP contribution is 2.33. The highest BCUT2D eigenvalue weighted by molar-refractivity contribution is 5.26. The summed E-state index contributed by atoms with van der Waals surface area (Å²) < 4.78 is 6.07. The van der Waals surface area contributed by atoms with E-state index in [1.54, 1.807) is 0 Å². The number of rotatable bonds is 6. The second kappa shape index (κ2) is 7.80. The van der Waals surface area contributed by atoms with Crippen molar-refractivity contribution < 1.29 is 4.74 Å². The van der Waals surface area contributed by atoms with Gasteiger partial charge >= 0.3 is 0 Å². The van der Waals surface area contributed by atoms with Crippen LogP contribution in [0.25, 0.3) is 0 Å². The minimum absolute atomic E-state index is 0.273. The normalized spacial score (nSPS) is 23.2. The maximum Gasteiger partial charge on any atom is 0.0865 e. The van der Waals surface area contributed by atoms with Crippen molar-refractivity contribution in [2.24, 2.45) is 5.92 Å². The maximum absolute atomic E-state index is 6.07. The average Bonchev–Trinajstić information content (AvgIpc) is 2.48. The molecule has 2 unspecified atom stereocenters. The quantitative estimate of drug-likeness (QED) is 0.783. The molecule has 112 valence electrons. The predicted octanol–water partition coefficient (Wildman–Crippen LogP) is 4.28. The average molecular weight is 275 g/mol. The first-order chi connectivity index (χ1) is 9.72. The van der Waals surface area contributed by atoms with Gasteiger partial charge in [0, 0.05) is 19.1 Å². The second-order valence-electron chi connectivity index (χ2n) is 6.22. The molecule has 0 aliphatic carbocycles. The zero-order chi connectivity index (χ0) is 14.4. The van der Waals surface area contributed by atoms with Gasteiger partial charge in [-0.2, -0.15) is 0 Å². The Morgan fingerprint density at radius 1 is 1.25 bits per heavy atom. The van der Waals surface area contributed by atoms with E-state index in [1.165, 1.54) is 30.4 Å². The number of ether oxygens (including phenoxy) is 1. The third-order valence-electron chi connectivity index (χ3n) is 4.21. The summed E-state index contributed by atoms with van der Waals surface area (Å²) >= 11 is 0. The Morgan fingerprint density at radius 3 is 2.65 bits per heavy atom. The summed E-state index contributed by atoms with van der Waals surface area (Å²) in [4.78, 5) is 0. The Bertz CT molecular complexity index is 385. The van der Waals surface area contributed by atoms with E-state index in [0.717, 1.165) is 19.7 Å². The topological polar surface area (TPSA) is 21.3 Å². The van der Waals surface area contributed by atoms with Crippen LogP contribution in [0.4, 0.5) is 0 Å². The van der Waals surface area contributed by atoms with Gasteiger partial charge < -0.3 is 10.1 Å². The van der Waals surface area contributed by atoms with E-state index in [9.17, 15) is 0 Å². The third kappa shape index (κ3) is 4.07. The minimum Gasteiger partial charge on any atom is -0.373 e. The van der Waals surface area contributed by atoms with E-state index in [4.69, 9.17) is 4.74 Å². The highest BCUT2D eigenvalue weighted by atomic mass is 16.5. The van der Waals surface area contributed by atoms with Gasteiger partial charge in [-0.05, 0) is 42.9 Å². The van der Waals surface area contributed by atoms with Crippen molar-refractivity contribution in [3.05, 3.63) is 35.4 Å². The Labute approximate surface area is 123 Å². The van der Waals surface area contributed by atoms with Crippen LogP contribution in [-0.2, 0) is 4.74 Å². The predicted molar refractivity (Wildman–Crippen MR) is 85.1 cm³/mol. The second-order valence-corrected chi connectivity index (χ2v) is 6.22. The maximum atomic E-state index is 6.07. The van der Waals surface area contributed by atoms with Crippen LogP contribution in [0.5, 0.6) is 0 Å².